The summed E-state index contributed by atoms with van der Waals surface area (Å²) in [4.78, 5) is 14.9. The number of ketones is 1. The van der Waals surface area contributed by atoms with Crippen molar-refractivity contribution in [3.63, 3.8) is 0 Å². The number of hydrogen-bond acceptors (Lipinski definition) is 4. The van der Waals surface area contributed by atoms with E-state index in [9.17, 15) is 4.79 Å². The van der Waals surface area contributed by atoms with Gasteiger partial charge in [0.25, 0.3) is 0 Å². The first-order chi connectivity index (χ1) is 15.6. The number of piperidine rings is 1. The lowest BCUT2D eigenvalue weighted by Gasteiger charge is -2.28. The van der Waals surface area contributed by atoms with Crippen molar-refractivity contribution in [2.75, 3.05) is 18.0 Å². The fourth-order valence-corrected chi connectivity index (χ4v) is 3.91. The third-order valence-electron chi connectivity index (χ3n) is 5.88. The minimum Gasteiger partial charge on any atom is -0.486 e. The lowest BCUT2D eigenvalue weighted by molar-refractivity contribution is 0.104. The number of carbonyl (C=O) groups excluding carboxylic acids is 1. The predicted octanol–water partition coefficient (Wildman–Crippen LogP) is 6.87. The van der Waals surface area contributed by atoms with Gasteiger partial charge in [-0.2, -0.15) is 0 Å². The maximum atomic E-state index is 12.5. The molecule has 4 nitrogen and oxygen atoms in total. The summed E-state index contributed by atoms with van der Waals surface area (Å²) in [6, 6.07) is 19.8. The summed E-state index contributed by atoms with van der Waals surface area (Å²) in [5.41, 5.74) is 3.16. The highest BCUT2D eigenvalue weighted by molar-refractivity contribution is 6.06. The molecule has 1 aliphatic heterocycles. The van der Waals surface area contributed by atoms with Crippen LogP contribution in [0.25, 0.3) is 6.08 Å². The average molecular weight is 430 g/mol. The van der Waals surface area contributed by atoms with Crippen molar-refractivity contribution in [3.8, 4) is 5.75 Å². The number of hydrogen-bond donors (Lipinski definition) is 0. The van der Waals surface area contributed by atoms with Crippen LogP contribution < -0.4 is 9.64 Å². The molecule has 0 bridgehead atoms. The van der Waals surface area contributed by atoms with Gasteiger partial charge < -0.3 is 14.1 Å². The van der Waals surface area contributed by atoms with Gasteiger partial charge in [0.2, 0.25) is 0 Å². The number of benzene rings is 2. The van der Waals surface area contributed by atoms with Crippen LogP contribution >= 0.6 is 0 Å². The molecule has 4 rings (SSSR count). The summed E-state index contributed by atoms with van der Waals surface area (Å²) in [6.07, 6.45) is 7.06. The van der Waals surface area contributed by atoms with Crippen LogP contribution in [0.4, 0.5) is 5.69 Å². The van der Waals surface area contributed by atoms with Crippen molar-refractivity contribution >= 4 is 17.5 Å². The van der Waals surface area contributed by atoms with Gasteiger partial charge in [-0.05, 0) is 91.4 Å². The fraction of sp³-hybridized carbons (Fsp3) is 0.321. The van der Waals surface area contributed by atoms with Crippen LogP contribution in [0.5, 0.6) is 5.75 Å². The van der Waals surface area contributed by atoms with Crippen LogP contribution in [0.1, 0.15) is 66.5 Å². The summed E-state index contributed by atoms with van der Waals surface area (Å²) < 4.78 is 11.6. The maximum Gasteiger partial charge on any atom is 0.185 e. The van der Waals surface area contributed by atoms with E-state index in [2.05, 4.69) is 30.9 Å². The van der Waals surface area contributed by atoms with Crippen molar-refractivity contribution < 1.29 is 13.9 Å². The van der Waals surface area contributed by atoms with Gasteiger partial charge >= 0.3 is 0 Å². The molecule has 0 aliphatic carbocycles. The Morgan fingerprint density at radius 3 is 2.38 bits per heavy atom. The fourth-order valence-electron chi connectivity index (χ4n) is 3.91. The van der Waals surface area contributed by atoms with E-state index < -0.39 is 0 Å². The lowest BCUT2D eigenvalue weighted by Crippen LogP contribution is -2.29. The van der Waals surface area contributed by atoms with E-state index in [4.69, 9.17) is 9.15 Å². The molecule has 0 amide bonds. The third-order valence-corrected chi connectivity index (χ3v) is 5.88. The summed E-state index contributed by atoms with van der Waals surface area (Å²) >= 11 is 0. The van der Waals surface area contributed by atoms with Crippen LogP contribution in [0, 0.1) is 0 Å². The average Bonchev–Trinajstić information content (AvgIpc) is 3.30. The topological polar surface area (TPSA) is 42.7 Å². The van der Waals surface area contributed by atoms with Crippen molar-refractivity contribution in [2.45, 2.75) is 45.6 Å². The van der Waals surface area contributed by atoms with Crippen LogP contribution in [-0.2, 0) is 6.61 Å². The third kappa shape index (κ3) is 5.70. The van der Waals surface area contributed by atoms with E-state index in [1.54, 1.807) is 12.2 Å². The van der Waals surface area contributed by atoms with E-state index in [-0.39, 0.29) is 5.78 Å². The Labute approximate surface area is 190 Å². The molecule has 2 heterocycles. The van der Waals surface area contributed by atoms with Crippen LogP contribution in [-0.4, -0.2) is 18.9 Å². The molecule has 2 aromatic carbocycles. The molecule has 1 aliphatic rings. The van der Waals surface area contributed by atoms with Crippen LogP contribution in [0.2, 0.25) is 0 Å². The lowest BCUT2D eigenvalue weighted by atomic mass is 10.0. The van der Waals surface area contributed by atoms with Crippen LogP contribution in [0.15, 0.2) is 71.2 Å². The number of furan rings is 1. The smallest absolute Gasteiger partial charge is 0.185 e. The van der Waals surface area contributed by atoms with E-state index in [0.29, 0.717) is 23.8 Å². The number of allylic oxidation sites excluding steroid dienone is 1. The molecule has 1 saturated heterocycles. The summed E-state index contributed by atoms with van der Waals surface area (Å²) in [6.45, 7) is 6.88. The molecule has 1 aromatic heterocycles. The van der Waals surface area contributed by atoms with E-state index in [1.807, 2.05) is 48.5 Å². The Hall–Kier alpha value is -3.27. The van der Waals surface area contributed by atoms with Crippen LogP contribution in [0.3, 0.4) is 0 Å². The SMILES string of the molecule is CC(C)c1ccc(OCc2ccc(/C=C/C(=O)c3ccc(N4CCCCC4)cc3)o2)cc1. The monoisotopic (exact) mass is 429 g/mol. The zero-order chi connectivity index (χ0) is 22.3. The zero-order valence-corrected chi connectivity index (χ0v) is 18.9. The second-order valence-corrected chi connectivity index (χ2v) is 8.61. The molecule has 0 atom stereocenters. The molecule has 1 fully saturated rings. The molecular weight excluding hydrogens is 398 g/mol. The molecule has 166 valence electrons. The normalized spacial score (nSPS) is 14.3. The second kappa shape index (κ2) is 10.4. The van der Waals surface area contributed by atoms with Crippen molar-refractivity contribution in [2.24, 2.45) is 0 Å². The van der Waals surface area contributed by atoms with E-state index in [1.165, 1.54) is 30.5 Å². The minimum atomic E-state index is -0.0327. The summed E-state index contributed by atoms with van der Waals surface area (Å²) in [7, 11) is 0. The number of rotatable bonds is 8. The molecular formula is C28H31NO3. The Balaban J connectivity index is 1.30. The predicted molar refractivity (Wildman–Crippen MR) is 129 cm³/mol. The maximum absolute atomic E-state index is 12.5. The number of nitrogens with zero attached hydrogens (tertiary/aromatic N) is 1. The Bertz CT molecular complexity index is 1040. The van der Waals surface area contributed by atoms with Crippen molar-refractivity contribution in [1.29, 1.82) is 0 Å². The highest BCUT2D eigenvalue weighted by Gasteiger charge is 2.11. The molecule has 0 unspecified atom stereocenters. The molecule has 4 heteroatoms. The Morgan fingerprint density at radius 2 is 1.69 bits per heavy atom. The molecule has 0 N–H and O–H groups in total. The van der Waals surface area contributed by atoms with Gasteiger partial charge in [0.15, 0.2) is 5.78 Å². The van der Waals surface area contributed by atoms with Gasteiger partial charge in [0.1, 0.15) is 23.9 Å². The van der Waals surface area contributed by atoms with Gasteiger partial charge in [-0.3, -0.25) is 4.79 Å². The van der Waals surface area contributed by atoms with E-state index in [0.717, 1.165) is 24.6 Å². The Morgan fingerprint density at radius 1 is 0.969 bits per heavy atom. The molecule has 0 radical (unpaired) electrons. The number of anilines is 1. The summed E-state index contributed by atoms with van der Waals surface area (Å²) in [5.74, 6) is 2.63. The minimum absolute atomic E-state index is 0.0327. The quantitative estimate of drug-likeness (QED) is 0.289. The van der Waals surface area contributed by atoms with Gasteiger partial charge in [-0.25, -0.2) is 0 Å². The number of ether oxygens (including phenoxy) is 1. The number of carbonyl (C=O) groups is 1. The van der Waals surface area contributed by atoms with Gasteiger partial charge in [0, 0.05) is 24.3 Å². The second-order valence-electron chi connectivity index (χ2n) is 8.61. The van der Waals surface area contributed by atoms with Gasteiger partial charge in [0.05, 0.1) is 0 Å². The molecule has 32 heavy (non-hydrogen) atoms. The first-order valence-corrected chi connectivity index (χ1v) is 11.5. The first kappa shape index (κ1) is 21.9. The van der Waals surface area contributed by atoms with Gasteiger partial charge in [-0.1, -0.05) is 26.0 Å². The Kier molecular flexibility index (Phi) is 7.10. The van der Waals surface area contributed by atoms with E-state index >= 15 is 0 Å². The molecule has 0 saturated carbocycles. The first-order valence-electron chi connectivity index (χ1n) is 11.5. The molecule has 3 aromatic rings. The largest absolute Gasteiger partial charge is 0.486 e. The van der Waals surface area contributed by atoms with Crippen molar-refractivity contribution in [3.05, 3.63) is 89.4 Å². The molecule has 0 spiro atoms. The van der Waals surface area contributed by atoms with Gasteiger partial charge in [-0.15, -0.1) is 0 Å². The van der Waals surface area contributed by atoms with Crippen molar-refractivity contribution in [1.82, 2.24) is 0 Å². The standard InChI is InChI=1S/C28H31NO3/c1-21(2)22-8-12-25(13-9-22)31-20-27-15-14-26(32-27)16-17-28(30)23-6-10-24(11-7-23)29-18-4-3-5-19-29/h6-17,21H,3-5,18-20H2,1-2H3/b17-16+. The zero-order valence-electron chi connectivity index (χ0n) is 18.9. The highest BCUT2D eigenvalue weighted by atomic mass is 16.5. The highest BCUT2D eigenvalue weighted by Crippen LogP contribution is 2.22. The summed E-state index contributed by atoms with van der Waals surface area (Å²) in [5, 5.41) is 0.